The minimum atomic E-state index is -0.857. The molecule has 1 amide bonds. The summed E-state index contributed by atoms with van der Waals surface area (Å²) in [5.74, 6) is -0.289. The largest absolute Gasteiger partial charge is 0.481 e. The molecule has 0 spiro atoms. The summed E-state index contributed by atoms with van der Waals surface area (Å²) in [6.45, 7) is 7.97. The van der Waals surface area contributed by atoms with Crippen LogP contribution in [0.2, 0.25) is 0 Å². The van der Waals surface area contributed by atoms with Gasteiger partial charge in [0, 0.05) is 24.4 Å². The number of aliphatic carboxylic acids is 1. The van der Waals surface area contributed by atoms with Crippen molar-refractivity contribution in [3.05, 3.63) is 23.3 Å². The van der Waals surface area contributed by atoms with Crippen LogP contribution in [0, 0.1) is 6.92 Å². The third-order valence-corrected chi connectivity index (χ3v) is 3.70. The van der Waals surface area contributed by atoms with Crippen LogP contribution in [-0.2, 0) is 16.0 Å². The highest BCUT2D eigenvalue weighted by atomic mass is 16.6. The first-order valence-corrected chi connectivity index (χ1v) is 8.21. The Hall–Kier alpha value is -2.18. The number of carbonyl (C=O) groups is 2. The topological polar surface area (TPSA) is 92.6 Å². The zero-order valence-electron chi connectivity index (χ0n) is 14.7. The zero-order chi connectivity index (χ0) is 17.9. The standard InChI is InChI=1S/C17H25N3O4/c1-11-10-12(7-8-14(21)22)19-15(18-11)13-6-5-9-20(13)16(23)24-17(2,3)4/h10,13H,5-9H2,1-4H3,(H,21,22). The van der Waals surface area contributed by atoms with Crippen LogP contribution in [0.4, 0.5) is 4.79 Å². The molecule has 1 aliphatic heterocycles. The number of hydrogen-bond donors (Lipinski definition) is 1. The fourth-order valence-corrected chi connectivity index (χ4v) is 2.74. The van der Waals surface area contributed by atoms with Crippen molar-refractivity contribution in [2.45, 2.75) is 65.0 Å². The summed E-state index contributed by atoms with van der Waals surface area (Å²) in [6, 6.07) is 1.57. The second-order valence-electron chi connectivity index (χ2n) is 7.08. The predicted octanol–water partition coefficient (Wildman–Crippen LogP) is 2.87. The molecule has 1 aromatic rings. The average Bonchev–Trinajstić information content (AvgIpc) is 2.92. The van der Waals surface area contributed by atoms with Crippen LogP contribution in [0.3, 0.4) is 0 Å². The number of carboxylic acid groups (broad SMARTS) is 1. The molecule has 132 valence electrons. The maximum Gasteiger partial charge on any atom is 0.410 e. The molecule has 2 rings (SSSR count). The van der Waals surface area contributed by atoms with E-state index in [2.05, 4.69) is 9.97 Å². The predicted molar refractivity (Wildman–Crippen MR) is 87.6 cm³/mol. The second kappa shape index (κ2) is 7.15. The minimum Gasteiger partial charge on any atom is -0.481 e. The Balaban J connectivity index is 2.19. The van der Waals surface area contributed by atoms with Crippen LogP contribution < -0.4 is 0 Å². The number of amides is 1. The molecular formula is C17H25N3O4. The van der Waals surface area contributed by atoms with Gasteiger partial charge < -0.3 is 9.84 Å². The average molecular weight is 335 g/mol. The molecule has 0 bridgehead atoms. The molecule has 0 radical (unpaired) electrons. The lowest BCUT2D eigenvalue weighted by molar-refractivity contribution is -0.136. The van der Waals surface area contributed by atoms with Crippen molar-refractivity contribution in [2.75, 3.05) is 6.54 Å². The minimum absolute atomic E-state index is 0.0241. The lowest BCUT2D eigenvalue weighted by Crippen LogP contribution is -2.37. The summed E-state index contributed by atoms with van der Waals surface area (Å²) in [5, 5.41) is 8.84. The van der Waals surface area contributed by atoms with Crippen LogP contribution in [0.1, 0.15) is 63.3 Å². The molecule has 0 aliphatic carbocycles. The number of hydrogen-bond acceptors (Lipinski definition) is 5. The maximum absolute atomic E-state index is 12.4. The maximum atomic E-state index is 12.4. The van der Waals surface area contributed by atoms with Crippen molar-refractivity contribution >= 4 is 12.1 Å². The van der Waals surface area contributed by atoms with Gasteiger partial charge in [-0.05, 0) is 46.6 Å². The van der Waals surface area contributed by atoms with Crippen LogP contribution in [0.15, 0.2) is 6.07 Å². The van der Waals surface area contributed by atoms with Crippen molar-refractivity contribution in [3.63, 3.8) is 0 Å². The van der Waals surface area contributed by atoms with Gasteiger partial charge in [-0.3, -0.25) is 9.69 Å². The summed E-state index contributed by atoms with van der Waals surface area (Å²) in [4.78, 5) is 33.8. The van der Waals surface area contributed by atoms with E-state index in [1.165, 1.54) is 0 Å². The van der Waals surface area contributed by atoms with Crippen LogP contribution >= 0.6 is 0 Å². The van der Waals surface area contributed by atoms with Crippen LogP contribution in [0.25, 0.3) is 0 Å². The van der Waals surface area contributed by atoms with Gasteiger partial charge in [0.1, 0.15) is 5.60 Å². The highest BCUT2D eigenvalue weighted by Crippen LogP contribution is 2.31. The Kier molecular flexibility index (Phi) is 5.41. The molecule has 1 aromatic heterocycles. The lowest BCUT2D eigenvalue weighted by Gasteiger charge is -2.28. The van der Waals surface area contributed by atoms with E-state index in [1.54, 1.807) is 11.0 Å². The van der Waals surface area contributed by atoms with Gasteiger partial charge in [0.25, 0.3) is 0 Å². The molecule has 1 atom stereocenters. The van der Waals surface area contributed by atoms with E-state index in [9.17, 15) is 9.59 Å². The monoisotopic (exact) mass is 335 g/mol. The molecule has 7 heteroatoms. The molecule has 1 aliphatic rings. The van der Waals surface area contributed by atoms with Gasteiger partial charge in [0.2, 0.25) is 0 Å². The first-order chi connectivity index (χ1) is 11.2. The van der Waals surface area contributed by atoms with Crippen molar-refractivity contribution < 1.29 is 19.4 Å². The zero-order valence-corrected chi connectivity index (χ0v) is 14.7. The van der Waals surface area contributed by atoms with Crippen molar-refractivity contribution in [1.29, 1.82) is 0 Å². The highest BCUT2D eigenvalue weighted by molar-refractivity contribution is 5.69. The quantitative estimate of drug-likeness (QED) is 0.909. The van der Waals surface area contributed by atoms with E-state index in [-0.39, 0.29) is 18.6 Å². The van der Waals surface area contributed by atoms with Crippen molar-refractivity contribution in [3.8, 4) is 0 Å². The summed E-state index contributed by atoms with van der Waals surface area (Å²) >= 11 is 0. The summed E-state index contributed by atoms with van der Waals surface area (Å²) in [7, 11) is 0. The third kappa shape index (κ3) is 4.91. The van der Waals surface area contributed by atoms with E-state index in [0.29, 0.717) is 24.5 Å². The smallest absolute Gasteiger partial charge is 0.410 e. The van der Waals surface area contributed by atoms with Gasteiger partial charge in [-0.25, -0.2) is 14.8 Å². The first-order valence-electron chi connectivity index (χ1n) is 8.21. The molecular weight excluding hydrogens is 310 g/mol. The van der Waals surface area contributed by atoms with E-state index in [4.69, 9.17) is 9.84 Å². The fourth-order valence-electron chi connectivity index (χ4n) is 2.74. The molecule has 1 N–H and O–H groups in total. The second-order valence-corrected chi connectivity index (χ2v) is 7.08. The molecule has 1 unspecified atom stereocenters. The number of aromatic nitrogens is 2. The summed E-state index contributed by atoms with van der Waals surface area (Å²) in [5.41, 5.74) is 0.914. The van der Waals surface area contributed by atoms with Gasteiger partial charge >= 0.3 is 12.1 Å². The molecule has 2 heterocycles. The normalized spacial score (nSPS) is 17.8. The highest BCUT2D eigenvalue weighted by Gasteiger charge is 2.35. The molecule has 0 saturated carbocycles. The number of carbonyl (C=O) groups excluding carboxylic acids is 1. The SMILES string of the molecule is Cc1cc(CCC(=O)O)nc(C2CCCN2C(=O)OC(C)(C)C)n1. The van der Waals surface area contributed by atoms with Gasteiger partial charge in [-0.1, -0.05) is 0 Å². The molecule has 7 nitrogen and oxygen atoms in total. The Morgan fingerprint density at radius 3 is 2.71 bits per heavy atom. The Morgan fingerprint density at radius 1 is 1.38 bits per heavy atom. The van der Waals surface area contributed by atoms with E-state index in [1.807, 2.05) is 27.7 Å². The van der Waals surface area contributed by atoms with E-state index >= 15 is 0 Å². The van der Waals surface area contributed by atoms with Crippen LogP contribution in [0.5, 0.6) is 0 Å². The van der Waals surface area contributed by atoms with Gasteiger partial charge in [0.05, 0.1) is 12.5 Å². The Morgan fingerprint density at radius 2 is 2.08 bits per heavy atom. The lowest BCUT2D eigenvalue weighted by atomic mass is 10.1. The summed E-state index contributed by atoms with van der Waals surface area (Å²) in [6.07, 6.45) is 1.66. The Bertz CT molecular complexity index is 625. The summed E-state index contributed by atoms with van der Waals surface area (Å²) < 4.78 is 5.47. The van der Waals surface area contributed by atoms with Crippen molar-refractivity contribution in [2.24, 2.45) is 0 Å². The molecule has 1 fully saturated rings. The van der Waals surface area contributed by atoms with Gasteiger partial charge in [-0.2, -0.15) is 0 Å². The van der Waals surface area contributed by atoms with Gasteiger partial charge in [0.15, 0.2) is 5.82 Å². The molecule has 1 saturated heterocycles. The van der Waals surface area contributed by atoms with E-state index < -0.39 is 11.6 Å². The van der Waals surface area contributed by atoms with Crippen molar-refractivity contribution in [1.82, 2.24) is 14.9 Å². The number of aryl methyl sites for hydroxylation is 2. The number of rotatable bonds is 4. The number of ether oxygens (including phenoxy) is 1. The van der Waals surface area contributed by atoms with Gasteiger partial charge in [-0.15, -0.1) is 0 Å². The fraction of sp³-hybridized carbons (Fsp3) is 0.647. The number of likely N-dealkylation sites (tertiary alicyclic amines) is 1. The van der Waals surface area contributed by atoms with Crippen LogP contribution in [-0.4, -0.2) is 44.2 Å². The molecule has 0 aromatic carbocycles. The molecule has 24 heavy (non-hydrogen) atoms. The third-order valence-electron chi connectivity index (χ3n) is 3.70. The number of nitrogens with zero attached hydrogens (tertiary/aromatic N) is 3. The van der Waals surface area contributed by atoms with E-state index in [0.717, 1.165) is 18.5 Å². The Labute approximate surface area is 142 Å². The first kappa shape index (κ1) is 18.2. The number of carboxylic acids is 1.